The van der Waals surface area contributed by atoms with Gasteiger partial charge in [-0.3, -0.25) is 14.7 Å². The van der Waals surface area contributed by atoms with Gasteiger partial charge in [-0.2, -0.15) is 5.10 Å². The third-order valence-electron chi connectivity index (χ3n) is 4.80. The summed E-state index contributed by atoms with van der Waals surface area (Å²) in [6.45, 7) is -0.273. The molecule has 0 radical (unpaired) electrons. The summed E-state index contributed by atoms with van der Waals surface area (Å²) in [5.41, 5.74) is 1.45. The Hall–Kier alpha value is -2.73. The number of aromatic nitrogens is 3. The van der Waals surface area contributed by atoms with Gasteiger partial charge >= 0.3 is 0 Å². The minimum Gasteiger partial charge on any atom is -0.315 e. The van der Waals surface area contributed by atoms with Crippen molar-refractivity contribution in [3.8, 4) is 11.4 Å². The fraction of sp³-hybridized carbons (Fsp3) is 0.263. The van der Waals surface area contributed by atoms with E-state index in [1.54, 1.807) is 5.38 Å². The van der Waals surface area contributed by atoms with Crippen LogP contribution in [-0.4, -0.2) is 40.0 Å². The third kappa shape index (κ3) is 4.35. The van der Waals surface area contributed by atoms with Crippen molar-refractivity contribution in [2.24, 2.45) is 0 Å². The molecule has 0 spiro atoms. The molecule has 162 valence electrons. The molecule has 3 aromatic rings. The smallest absolute Gasteiger partial charge is 0.273 e. The predicted octanol–water partition coefficient (Wildman–Crippen LogP) is 4.49. The first-order valence-corrected chi connectivity index (χ1v) is 10.8. The summed E-state index contributed by atoms with van der Waals surface area (Å²) in [5.74, 6) is -0.254. The van der Waals surface area contributed by atoms with Gasteiger partial charge in [0.05, 0.1) is 5.56 Å². The summed E-state index contributed by atoms with van der Waals surface area (Å²) in [6, 6.07) is 3.96. The van der Waals surface area contributed by atoms with E-state index in [2.05, 4.69) is 36.4 Å². The van der Waals surface area contributed by atoms with Crippen molar-refractivity contribution in [1.29, 1.82) is 0 Å². The van der Waals surface area contributed by atoms with Crippen LogP contribution in [0.1, 0.15) is 23.7 Å². The van der Waals surface area contributed by atoms with Crippen LogP contribution < -0.4 is 10.2 Å². The predicted molar refractivity (Wildman–Crippen MR) is 113 cm³/mol. The highest BCUT2D eigenvalue weighted by molar-refractivity contribution is 9.10. The van der Waals surface area contributed by atoms with Crippen molar-refractivity contribution >= 4 is 49.8 Å². The topological polar surface area (TPSA) is 91.0 Å². The van der Waals surface area contributed by atoms with Crippen molar-refractivity contribution < 1.29 is 22.8 Å². The summed E-state index contributed by atoms with van der Waals surface area (Å²) in [6.07, 6.45) is -3.79. The molecule has 1 atom stereocenters. The van der Waals surface area contributed by atoms with Crippen molar-refractivity contribution in [3.63, 3.8) is 0 Å². The molecule has 4 rings (SSSR count). The molecule has 31 heavy (non-hydrogen) atoms. The Morgan fingerprint density at radius 2 is 2.13 bits per heavy atom. The van der Waals surface area contributed by atoms with Crippen molar-refractivity contribution in [1.82, 2.24) is 15.2 Å². The second-order valence-corrected chi connectivity index (χ2v) is 8.51. The van der Waals surface area contributed by atoms with Crippen molar-refractivity contribution in [2.45, 2.75) is 25.4 Å². The highest BCUT2D eigenvalue weighted by Gasteiger charge is 2.29. The number of thiophene rings is 1. The summed E-state index contributed by atoms with van der Waals surface area (Å²) in [7, 11) is 0. The summed E-state index contributed by atoms with van der Waals surface area (Å²) in [4.78, 5) is 30.5. The fourth-order valence-corrected chi connectivity index (χ4v) is 4.99. The molecule has 12 heteroatoms. The maximum absolute atomic E-state index is 13.7. The Morgan fingerprint density at radius 1 is 1.32 bits per heavy atom. The van der Waals surface area contributed by atoms with Crippen LogP contribution >= 0.6 is 27.3 Å². The number of rotatable bonds is 6. The van der Waals surface area contributed by atoms with Gasteiger partial charge in [-0.25, -0.2) is 18.2 Å². The molecule has 1 aromatic carbocycles. The number of H-pyrrole nitrogens is 1. The Kier molecular flexibility index (Phi) is 6.10. The van der Waals surface area contributed by atoms with Crippen LogP contribution in [0.3, 0.4) is 0 Å². The molecule has 3 heterocycles. The van der Waals surface area contributed by atoms with Crippen LogP contribution in [0.4, 0.5) is 23.9 Å². The van der Waals surface area contributed by atoms with Gasteiger partial charge in [0.1, 0.15) is 17.9 Å². The van der Waals surface area contributed by atoms with Crippen LogP contribution in [0.15, 0.2) is 34.4 Å². The number of aromatic amines is 1. The second kappa shape index (κ2) is 8.79. The third-order valence-corrected chi connectivity index (χ3v) is 6.62. The van der Waals surface area contributed by atoms with Gasteiger partial charge in [0.25, 0.3) is 6.43 Å². The highest BCUT2D eigenvalue weighted by atomic mass is 79.9. The van der Waals surface area contributed by atoms with Crippen LogP contribution in [0, 0.1) is 0 Å². The number of aryl methyl sites for hydroxylation is 1. The molecule has 0 aliphatic carbocycles. The van der Waals surface area contributed by atoms with E-state index in [4.69, 9.17) is 0 Å². The molecule has 2 amide bonds. The number of benzene rings is 1. The molecular formula is C19H15BrF3N5O2S. The Morgan fingerprint density at radius 3 is 2.84 bits per heavy atom. The van der Waals surface area contributed by atoms with Gasteiger partial charge in [0, 0.05) is 22.0 Å². The number of amides is 2. The zero-order valence-corrected chi connectivity index (χ0v) is 18.1. The van der Waals surface area contributed by atoms with Gasteiger partial charge in [-0.05, 0) is 39.5 Å². The first-order valence-electron chi connectivity index (χ1n) is 9.13. The molecule has 1 aliphatic heterocycles. The fourth-order valence-electron chi connectivity index (χ4n) is 3.36. The number of carbonyl (C=O) groups excluding carboxylic acids is 2. The number of alkyl halides is 3. The van der Waals surface area contributed by atoms with E-state index >= 15 is 0 Å². The maximum atomic E-state index is 13.7. The lowest BCUT2D eigenvalue weighted by molar-refractivity contribution is -0.121. The standard InChI is InChI=1S/C19H15BrF3N5O2S/c20-11-7-31-19(15(11)18-24-8-25-27-18)26-13(29)6-28-12-3-1-10(16(21)17(22)23)5-9(12)2-4-14(28)30/h1,3,5,7-8,16-17H,2,4,6H2,(H,26,29)(H,24,25,27). The van der Waals surface area contributed by atoms with Crippen molar-refractivity contribution in [3.05, 3.63) is 45.5 Å². The van der Waals surface area contributed by atoms with Crippen LogP contribution in [-0.2, 0) is 16.0 Å². The van der Waals surface area contributed by atoms with E-state index in [1.807, 2.05) is 0 Å². The van der Waals surface area contributed by atoms with E-state index in [-0.39, 0.29) is 24.4 Å². The minimum atomic E-state index is -3.13. The average Bonchev–Trinajstić information content (AvgIpc) is 3.38. The molecule has 1 aliphatic rings. The minimum absolute atomic E-state index is 0.100. The number of hydrogen-bond acceptors (Lipinski definition) is 5. The highest BCUT2D eigenvalue weighted by Crippen LogP contribution is 2.39. The second-order valence-electron chi connectivity index (χ2n) is 6.77. The molecule has 2 aromatic heterocycles. The molecular weight excluding hydrogens is 499 g/mol. The summed E-state index contributed by atoms with van der Waals surface area (Å²) in [5, 5.41) is 11.6. The summed E-state index contributed by atoms with van der Waals surface area (Å²) >= 11 is 4.69. The van der Waals surface area contributed by atoms with E-state index < -0.39 is 18.5 Å². The molecule has 7 nitrogen and oxygen atoms in total. The molecule has 0 fully saturated rings. The Balaban J connectivity index is 1.54. The average molecular weight is 514 g/mol. The lowest BCUT2D eigenvalue weighted by atomic mass is 9.97. The monoisotopic (exact) mass is 513 g/mol. The largest absolute Gasteiger partial charge is 0.315 e. The number of carbonyl (C=O) groups is 2. The van der Waals surface area contributed by atoms with Gasteiger partial charge in [0.2, 0.25) is 11.8 Å². The van der Waals surface area contributed by atoms with Crippen molar-refractivity contribution in [2.75, 3.05) is 16.8 Å². The Labute approximate surface area is 186 Å². The van der Waals surface area contributed by atoms with E-state index in [9.17, 15) is 22.8 Å². The summed E-state index contributed by atoms with van der Waals surface area (Å²) < 4.78 is 39.8. The molecule has 0 bridgehead atoms. The van der Waals surface area contributed by atoms with Gasteiger partial charge in [-0.1, -0.05) is 12.1 Å². The molecule has 2 N–H and O–H groups in total. The normalized spacial score (nSPS) is 14.6. The molecule has 0 saturated heterocycles. The van der Waals surface area contributed by atoms with Crippen LogP contribution in [0.25, 0.3) is 11.4 Å². The first kappa shape index (κ1) is 21.5. The van der Waals surface area contributed by atoms with E-state index in [0.717, 1.165) is 4.47 Å². The number of anilines is 2. The number of halogens is 4. The number of hydrogen-bond donors (Lipinski definition) is 2. The zero-order valence-electron chi connectivity index (χ0n) is 15.7. The lowest BCUT2D eigenvalue weighted by Crippen LogP contribution is -2.40. The number of nitrogens with one attached hydrogen (secondary N) is 2. The van der Waals surface area contributed by atoms with Crippen LogP contribution in [0.5, 0.6) is 0 Å². The molecule has 0 saturated carbocycles. The zero-order chi connectivity index (χ0) is 22.1. The number of fused-ring (bicyclic) bond motifs is 1. The first-order chi connectivity index (χ1) is 14.8. The Bertz CT molecular complexity index is 1120. The molecule has 1 unspecified atom stereocenters. The van der Waals surface area contributed by atoms with Gasteiger partial charge < -0.3 is 10.2 Å². The number of nitrogens with zero attached hydrogens (tertiary/aromatic N) is 3. The van der Waals surface area contributed by atoms with E-state index in [1.165, 1.54) is 40.8 Å². The van der Waals surface area contributed by atoms with E-state index in [0.29, 0.717) is 34.1 Å². The lowest BCUT2D eigenvalue weighted by Gasteiger charge is -2.29. The maximum Gasteiger partial charge on any atom is 0.273 e. The quantitative estimate of drug-likeness (QED) is 0.508. The van der Waals surface area contributed by atoms with Gasteiger partial charge in [0.15, 0.2) is 12.0 Å². The van der Waals surface area contributed by atoms with Gasteiger partial charge in [-0.15, -0.1) is 11.3 Å². The SMILES string of the molecule is O=C(CN1C(=O)CCc2cc(C(F)C(F)F)ccc21)Nc1scc(Br)c1-c1ncn[nH]1. The van der Waals surface area contributed by atoms with Crippen LogP contribution in [0.2, 0.25) is 0 Å².